The van der Waals surface area contributed by atoms with Crippen molar-refractivity contribution < 1.29 is 19.1 Å². The Balaban J connectivity index is 1.68. The lowest BCUT2D eigenvalue weighted by atomic mass is 10.1. The molecule has 0 unspecified atom stereocenters. The van der Waals surface area contributed by atoms with Crippen LogP contribution in [0, 0.1) is 0 Å². The number of ether oxygens (including phenoxy) is 2. The molecule has 0 saturated heterocycles. The van der Waals surface area contributed by atoms with Gasteiger partial charge in [-0.25, -0.2) is 0 Å². The molecule has 0 radical (unpaired) electrons. The topological polar surface area (TPSA) is 67.9 Å². The molecule has 1 N–H and O–H groups in total. The van der Waals surface area contributed by atoms with Gasteiger partial charge in [0, 0.05) is 12.7 Å². The fourth-order valence-electron chi connectivity index (χ4n) is 2.46. The fraction of sp³-hybridized carbons (Fsp3) is 0.222. The molecule has 0 fully saturated rings. The molecule has 24 heavy (non-hydrogen) atoms. The Morgan fingerprint density at radius 2 is 1.79 bits per heavy atom. The van der Waals surface area contributed by atoms with Crippen LogP contribution in [0.15, 0.2) is 48.5 Å². The zero-order chi connectivity index (χ0) is 16.9. The van der Waals surface area contributed by atoms with E-state index in [0.29, 0.717) is 36.0 Å². The van der Waals surface area contributed by atoms with Gasteiger partial charge in [-0.2, -0.15) is 0 Å². The number of carbonyl (C=O) groups excluding carboxylic acids is 2. The number of fused-ring (bicyclic) bond motifs is 1. The Hall–Kier alpha value is -3.02. The summed E-state index contributed by atoms with van der Waals surface area (Å²) in [6.07, 6.45) is 0. The van der Waals surface area contributed by atoms with Crippen molar-refractivity contribution in [1.82, 2.24) is 4.90 Å². The first kappa shape index (κ1) is 15.9. The summed E-state index contributed by atoms with van der Waals surface area (Å²) in [5.74, 6) is 0.429. The molecule has 1 heterocycles. The van der Waals surface area contributed by atoms with Crippen LogP contribution in [-0.2, 0) is 4.79 Å². The minimum absolute atomic E-state index is 0.0573. The molecule has 1 aliphatic heterocycles. The molecular weight excluding hydrogens is 308 g/mol. The predicted molar refractivity (Wildman–Crippen MR) is 89.5 cm³/mol. The largest absolute Gasteiger partial charge is 0.486 e. The zero-order valence-electron chi connectivity index (χ0n) is 13.3. The lowest BCUT2D eigenvalue weighted by Crippen LogP contribution is -2.35. The smallest absolute Gasteiger partial charge is 0.257 e. The number of rotatable bonds is 4. The van der Waals surface area contributed by atoms with E-state index in [9.17, 15) is 9.59 Å². The van der Waals surface area contributed by atoms with Crippen molar-refractivity contribution in [3.05, 3.63) is 54.1 Å². The lowest BCUT2D eigenvalue weighted by Gasteiger charge is -2.23. The molecule has 2 aromatic carbocycles. The number of carbonyl (C=O) groups is 2. The summed E-state index contributed by atoms with van der Waals surface area (Å²) in [7, 11) is 1.58. The highest BCUT2D eigenvalue weighted by molar-refractivity contribution is 6.01. The first-order valence-corrected chi connectivity index (χ1v) is 7.64. The summed E-state index contributed by atoms with van der Waals surface area (Å²) >= 11 is 0. The van der Waals surface area contributed by atoms with Gasteiger partial charge in [-0.15, -0.1) is 0 Å². The number of likely N-dealkylation sites (N-methyl/N-ethyl adjacent to an activating group) is 1. The lowest BCUT2D eigenvalue weighted by molar-refractivity contribution is -0.116. The SMILES string of the molecule is CN(CC(=O)Nc1ccccc1)C(=O)c1cccc2c1OCCO2. The summed E-state index contributed by atoms with van der Waals surface area (Å²) in [6, 6.07) is 14.3. The summed E-state index contributed by atoms with van der Waals surface area (Å²) in [6.45, 7) is 0.799. The molecule has 2 aromatic rings. The summed E-state index contributed by atoms with van der Waals surface area (Å²) in [5.41, 5.74) is 1.08. The van der Waals surface area contributed by atoms with Crippen LogP contribution in [0.4, 0.5) is 5.69 Å². The maximum absolute atomic E-state index is 12.6. The molecule has 0 spiro atoms. The van der Waals surface area contributed by atoms with E-state index >= 15 is 0 Å². The van der Waals surface area contributed by atoms with E-state index in [1.54, 1.807) is 37.4 Å². The molecule has 2 amide bonds. The molecule has 6 heteroatoms. The third-order valence-electron chi connectivity index (χ3n) is 3.58. The molecule has 0 aromatic heterocycles. The van der Waals surface area contributed by atoms with E-state index in [4.69, 9.17) is 9.47 Å². The number of para-hydroxylation sites is 2. The monoisotopic (exact) mass is 326 g/mol. The van der Waals surface area contributed by atoms with Crippen LogP contribution in [-0.4, -0.2) is 43.5 Å². The number of benzene rings is 2. The van der Waals surface area contributed by atoms with Crippen LogP contribution < -0.4 is 14.8 Å². The van der Waals surface area contributed by atoms with Crippen LogP contribution in [0.25, 0.3) is 0 Å². The van der Waals surface area contributed by atoms with E-state index in [-0.39, 0.29) is 18.4 Å². The van der Waals surface area contributed by atoms with Gasteiger partial charge in [-0.05, 0) is 24.3 Å². The van der Waals surface area contributed by atoms with Crippen LogP contribution in [0.5, 0.6) is 11.5 Å². The highest BCUT2D eigenvalue weighted by atomic mass is 16.6. The third kappa shape index (κ3) is 3.48. The molecule has 6 nitrogen and oxygen atoms in total. The highest BCUT2D eigenvalue weighted by Gasteiger charge is 2.23. The second-order valence-corrected chi connectivity index (χ2v) is 5.41. The van der Waals surface area contributed by atoms with Crippen molar-refractivity contribution in [3.8, 4) is 11.5 Å². The maximum Gasteiger partial charge on any atom is 0.257 e. The number of hydrogen-bond donors (Lipinski definition) is 1. The Morgan fingerprint density at radius 1 is 1.04 bits per heavy atom. The number of hydrogen-bond acceptors (Lipinski definition) is 4. The standard InChI is InChI=1S/C18H18N2O4/c1-20(12-16(21)19-13-6-3-2-4-7-13)18(22)14-8-5-9-15-17(14)24-11-10-23-15/h2-9H,10-12H2,1H3,(H,19,21). The van der Waals surface area contributed by atoms with Crippen LogP contribution in [0.3, 0.4) is 0 Å². The van der Waals surface area contributed by atoms with Crippen LogP contribution >= 0.6 is 0 Å². The van der Waals surface area contributed by atoms with Crippen molar-refractivity contribution >= 4 is 17.5 Å². The Kier molecular flexibility index (Phi) is 4.65. The zero-order valence-corrected chi connectivity index (χ0v) is 13.3. The maximum atomic E-state index is 12.6. The molecule has 124 valence electrons. The van der Waals surface area contributed by atoms with Crippen molar-refractivity contribution in [3.63, 3.8) is 0 Å². The van der Waals surface area contributed by atoms with Gasteiger partial charge in [0.1, 0.15) is 13.2 Å². The Labute approximate surface area is 140 Å². The summed E-state index contributed by atoms with van der Waals surface area (Å²) < 4.78 is 11.0. The van der Waals surface area contributed by atoms with E-state index in [1.165, 1.54) is 4.90 Å². The average molecular weight is 326 g/mol. The van der Waals surface area contributed by atoms with E-state index in [1.807, 2.05) is 18.2 Å². The highest BCUT2D eigenvalue weighted by Crippen LogP contribution is 2.34. The van der Waals surface area contributed by atoms with Gasteiger partial charge >= 0.3 is 0 Å². The molecular formula is C18H18N2O4. The van der Waals surface area contributed by atoms with Gasteiger partial charge in [-0.3, -0.25) is 9.59 Å². The van der Waals surface area contributed by atoms with Crippen molar-refractivity contribution in [2.24, 2.45) is 0 Å². The average Bonchev–Trinajstić information content (AvgIpc) is 2.61. The van der Waals surface area contributed by atoms with Gasteiger partial charge < -0.3 is 19.7 Å². The summed E-state index contributed by atoms with van der Waals surface area (Å²) in [4.78, 5) is 26.1. The van der Waals surface area contributed by atoms with Gasteiger partial charge in [0.25, 0.3) is 5.91 Å². The van der Waals surface area contributed by atoms with Gasteiger partial charge in [0.2, 0.25) is 5.91 Å². The number of amides is 2. The van der Waals surface area contributed by atoms with Gasteiger partial charge in [0.05, 0.1) is 12.1 Å². The Bertz CT molecular complexity index is 746. The third-order valence-corrected chi connectivity index (χ3v) is 3.58. The van der Waals surface area contributed by atoms with Crippen LogP contribution in [0.2, 0.25) is 0 Å². The normalized spacial score (nSPS) is 12.4. The number of nitrogens with zero attached hydrogens (tertiary/aromatic N) is 1. The summed E-state index contributed by atoms with van der Waals surface area (Å²) in [5, 5.41) is 2.75. The van der Waals surface area contributed by atoms with Gasteiger partial charge in [0.15, 0.2) is 11.5 Å². The quantitative estimate of drug-likeness (QED) is 0.935. The van der Waals surface area contributed by atoms with Crippen molar-refractivity contribution in [2.75, 3.05) is 32.1 Å². The second kappa shape index (κ2) is 7.04. The first-order chi connectivity index (χ1) is 11.6. The fourth-order valence-corrected chi connectivity index (χ4v) is 2.46. The van der Waals surface area contributed by atoms with E-state index in [0.717, 1.165) is 0 Å². The molecule has 0 bridgehead atoms. The molecule has 0 aliphatic carbocycles. The van der Waals surface area contributed by atoms with E-state index < -0.39 is 0 Å². The molecule has 0 atom stereocenters. The van der Waals surface area contributed by atoms with Crippen LogP contribution in [0.1, 0.15) is 10.4 Å². The second-order valence-electron chi connectivity index (χ2n) is 5.41. The number of nitrogens with one attached hydrogen (secondary N) is 1. The molecule has 1 aliphatic rings. The predicted octanol–water partition coefficient (Wildman–Crippen LogP) is 2.17. The number of anilines is 1. The van der Waals surface area contributed by atoms with E-state index in [2.05, 4.69) is 5.32 Å². The van der Waals surface area contributed by atoms with Gasteiger partial charge in [-0.1, -0.05) is 24.3 Å². The minimum Gasteiger partial charge on any atom is -0.486 e. The molecule has 3 rings (SSSR count). The Morgan fingerprint density at radius 3 is 2.58 bits per heavy atom. The van der Waals surface area contributed by atoms with Crippen molar-refractivity contribution in [2.45, 2.75) is 0 Å². The first-order valence-electron chi connectivity index (χ1n) is 7.64. The molecule has 0 saturated carbocycles. The minimum atomic E-state index is -0.291. The van der Waals surface area contributed by atoms with Crippen molar-refractivity contribution in [1.29, 1.82) is 0 Å².